The summed E-state index contributed by atoms with van der Waals surface area (Å²) in [4.78, 5) is 16.2. The van der Waals surface area contributed by atoms with Crippen LogP contribution in [0.5, 0.6) is 0 Å². The van der Waals surface area contributed by atoms with Crippen LogP contribution in [0.15, 0.2) is 28.9 Å². The maximum Gasteiger partial charge on any atom is 0.416 e. The number of hydrogen-bond acceptors (Lipinski definition) is 4. The van der Waals surface area contributed by atoms with Gasteiger partial charge in [-0.2, -0.15) is 13.2 Å². The number of benzene rings is 1. The van der Waals surface area contributed by atoms with Crippen molar-refractivity contribution in [3.63, 3.8) is 0 Å². The third-order valence-electron chi connectivity index (χ3n) is 4.14. The maximum absolute atomic E-state index is 13.1. The number of nitrogens with zero attached hydrogens (tertiary/aromatic N) is 1. The number of carbonyl (C=O) groups is 1. The number of halogens is 4. The monoisotopic (exact) mass is 372 g/mol. The summed E-state index contributed by atoms with van der Waals surface area (Å²) in [5.74, 6) is -1.19. The van der Waals surface area contributed by atoms with Crippen molar-refractivity contribution in [3.8, 4) is 0 Å². The second kappa shape index (κ2) is 7.45. The minimum atomic E-state index is -4.72. The SMILES string of the molecule is O=C(NCc1ccc(F)cc1C(F)(F)F)c1coc(C2CCOCC2)n1. The molecule has 1 saturated heterocycles. The summed E-state index contributed by atoms with van der Waals surface area (Å²) in [5, 5.41) is 2.35. The summed E-state index contributed by atoms with van der Waals surface area (Å²) in [5.41, 5.74) is -1.37. The van der Waals surface area contributed by atoms with Gasteiger partial charge >= 0.3 is 6.18 Å². The molecule has 0 bridgehead atoms. The molecular formula is C17H16F4N2O3. The molecule has 9 heteroatoms. The number of oxazole rings is 1. The van der Waals surface area contributed by atoms with E-state index in [-0.39, 0.29) is 17.2 Å². The third-order valence-corrected chi connectivity index (χ3v) is 4.14. The highest BCUT2D eigenvalue weighted by atomic mass is 19.4. The smallest absolute Gasteiger partial charge is 0.416 e. The van der Waals surface area contributed by atoms with E-state index in [1.807, 2.05) is 0 Å². The highest BCUT2D eigenvalue weighted by Crippen LogP contribution is 2.32. The van der Waals surface area contributed by atoms with Crippen LogP contribution in [0.25, 0.3) is 0 Å². The molecule has 1 aromatic heterocycles. The Hall–Kier alpha value is -2.42. The van der Waals surface area contributed by atoms with Gasteiger partial charge in [-0.05, 0) is 30.5 Å². The number of alkyl halides is 3. The van der Waals surface area contributed by atoms with Crippen molar-refractivity contribution >= 4 is 5.91 Å². The van der Waals surface area contributed by atoms with Crippen molar-refractivity contribution in [1.82, 2.24) is 10.3 Å². The second-order valence-electron chi connectivity index (χ2n) is 5.94. The van der Waals surface area contributed by atoms with Gasteiger partial charge in [0.1, 0.15) is 12.1 Å². The minimum absolute atomic E-state index is 0.0119. The van der Waals surface area contributed by atoms with Crippen LogP contribution in [-0.2, 0) is 17.5 Å². The van der Waals surface area contributed by atoms with Crippen LogP contribution in [0.3, 0.4) is 0 Å². The molecule has 1 amide bonds. The first-order chi connectivity index (χ1) is 12.3. The predicted molar refractivity (Wildman–Crippen MR) is 81.9 cm³/mol. The van der Waals surface area contributed by atoms with Crippen molar-refractivity contribution in [2.45, 2.75) is 31.5 Å². The molecule has 1 fully saturated rings. The summed E-state index contributed by atoms with van der Waals surface area (Å²) in [7, 11) is 0. The molecule has 1 aliphatic heterocycles. The molecule has 1 aromatic carbocycles. The molecule has 0 unspecified atom stereocenters. The van der Waals surface area contributed by atoms with Gasteiger partial charge in [-0.1, -0.05) is 6.07 Å². The first-order valence-corrected chi connectivity index (χ1v) is 8.01. The number of rotatable bonds is 4. The van der Waals surface area contributed by atoms with E-state index in [2.05, 4.69) is 10.3 Å². The fourth-order valence-electron chi connectivity index (χ4n) is 2.76. The first-order valence-electron chi connectivity index (χ1n) is 8.01. The molecule has 2 heterocycles. The van der Waals surface area contributed by atoms with Gasteiger partial charge in [0.2, 0.25) is 0 Å². The van der Waals surface area contributed by atoms with E-state index in [0.29, 0.717) is 25.2 Å². The van der Waals surface area contributed by atoms with E-state index >= 15 is 0 Å². The topological polar surface area (TPSA) is 64.4 Å². The summed E-state index contributed by atoms with van der Waals surface area (Å²) in [6.07, 6.45) is -2.08. The zero-order chi connectivity index (χ0) is 18.7. The average Bonchev–Trinajstić information content (AvgIpc) is 3.10. The molecule has 0 radical (unpaired) electrons. The van der Waals surface area contributed by atoms with Gasteiger partial charge < -0.3 is 14.5 Å². The lowest BCUT2D eigenvalue weighted by Crippen LogP contribution is -2.25. The largest absolute Gasteiger partial charge is 0.448 e. The lowest BCUT2D eigenvalue weighted by Gasteiger charge is -2.18. The molecular weight excluding hydrogens is 356 g/mol. The molecule has 0 aliphatic carbocycles. The van der Waals surface area contributed by atoms with Crippen molar-refractivity contribution < 1.29 is 31.5 Å². The molecule has 1 aliphatic rings. The molecule has 2 aromatic rings. The zero-order valence-electron chi connectivity index (χ0n) is 13.6. The fraction of sp³-hybridized carbons (Fsp3) is 0.412. The van der Waals surface area contributed by atoms with E-state index in [0.717, 1.165) is 25.0 Å². The van der Waals surface area contributed by atoms with Crippen molar-refractivity contribution in [1.29, 1.82) is 0 Å². The molecule has 26 heavy (non-hydrogen) atoms. The van der Waals surface area contributed by atoms with Crippen LogP contribution in [-0.4, -0.2) is 24.1 Å². The number of carbonyl (C=O) groups excluding carboxylic acids is 1. The quantitative estimate of drug-likeness (QED) is 0.832. The molecule has 140 valence electrons. The van der Waals surface area contributed by atoms with Gasteiger partial charge in [0.05, 0.1) is 5.56 Å². The van der Waals surface area contributed by atoms with Crippen LogP contribution >= 0.6 is 0 Å². The summed E-state index contributed by atoms with van der Waals surface area (Å²) < 4.78 is 62.6. The Morgan fingerprint density at radius 2 is 2.00 bits per heavy atom. The Bertz CT molecular complexity index is 783. The molecule has 0 spiro atoms. The maximum atomic E-state index is 13.1. The normalized spacial score (nSPS) is 15.8. The van der Waals surface area contributed by atoms with Crippen molar-refractivity contribution in [2.24, 2.45) is 0 Å². The Balaban J connectivity index is 1.67. The highest BCUT2D eigenvalue weighted by Gasteiger charge is 2.33. The zero-order valence-corrected chi connectivity index (χ0v) is 13.6. The summed E-state index contributed by atoms with van der Waals surface area (Å²) >= 11 is 0. The minimum Gasteiger partial charge on any atom is -0.448 e. The standard InChI is InChI=1S/C17H16F4N2O3/c18-12-2-1-11(13(7-12)17(19,20)21)8-22-15(24)14-9-26-16(23-14)10-3-5-25-6-4-10/h1-2,7,9-10H,3-6,8H2,(H,22,24). The molecule has 3 rings (SSSR count). The third kappa shape index (κ3) is 4.21. The Morgan fingerprint density at radius 1 is 1.27 bits per heavy atom. The molecule has 1 N–H and O–H groups in total. The van der Waals surface area contributed by atoms with Gasteiger partial charge in [-0.15, -0.1) is 0 Å². The fourth-order valence-corrected chi connectivity index (χ4v) is 2.76. The number of amides is 1. The predicted octanol–water partition coefficient (Wildman–Crippen LogP) is 3.66. The van der Waals surface area contributed by atoms with Gasteiger partial charge in [-0.25, -0.2) is 9.37 Å². The summed E-state index contributed by atoms with van der Waals surface area (Å²) in [6.45, 7) is 0.756. The molecule has 5 nitrogen and oxygen atoms in total. The Morgan fingerprint density at radius 3 is 2.69 bits per heavy atom. The highest BCUT2D eigenvalue weighted by molar-refractivity contribution is 5.91. The number of nitrogens with one attached hydrogen (secondary N) is 1. The van der Waals surface area contributed by atoms with E-state index in [1.54, 1.807) is 0 Å². The van der Waals surface area contributed by atoms with Gasteiger partial charge in [-0.3, -0.25) is 4.79 Å². The Labute approximate surface area is 146 Å². The van der Waals surface area contributed by atoms with E-state index < -0.39 is 30.0 Å². The van der Waals surface area contributed by atoms with E-state index in [9.17, 15) is 22.4 Å². The van der Waals surface area contributed by atoms with Crippen molar-refractivity contribution in [3.05, 3.63) is 53.0 Å². The summed E-state index contributed by atoms with van der Waals surface area (Å²) in [6, 6.07) is 2.31. The van der Waals surface area contributed by atoms with Gasteiger partial charge in [0, 0.05) is 25.7 Å². The second-order valence-corrected chi connectivity index (χ2v) is 5.94. The van der Waals surface area contributed by atoms with E-state index in [4.69, 9.17) is 9.15 Å². The average molecular weight is 372 g/mol. The van der Waals surface area contributed by atoms with E-state index in [1.165, 1.54) is 6.26 Å². The lowest BCUT2D eigenvalue weighted by molar-refractivity contribution is -0.138. The molecule has 0 atom stereocenters. The van der Waals surface area contributed by atoms with Crippen LogP contribution in [0.2, 0.25) is 0 Å². The number of ether oxygens (including phenoxy) is 1. The number of aromatic nitrogens is 1. The van der Waals surface area contributed by atoms with Gasteiger partial charge in [0.15, 0.2) is 11.6 Å². The first kappa shape index (κ1) is 18.4. The van der Waals surface area contributed by atoms with Crippen LogP contribution in [0.4, 0.5) is 17.6 Å². The van der Waals surface area contributed by atoms with Crippen LogP contribution in [0, 0.1) is 5.82 Å². The molecule has 0 saturated carbocycles. The number of hydrogen-bond donors (Lipinski definition) is 1. The van der Waals surface area contributed by atoms with Crippen LogP contribution < -0.4 is 5.32 Å². The van der Waals surface area contributed by atoms with Crippen molar-refractivity contribution in [2.75, 3.05) is 13.2 Å². The Kier molecular flexibility index (Phi) is 5.26. The van der Waals surface area contributed by atoms with Crippen LogP contribution in [0.1, 0.15) is 46.3 Å². The van der Waals surface area contributed by atoms with Gasteiger partial charge in [0.25, 0.3) is 5.91 Å². The lowest BCUT2D eigenvalue weighted by atomic mass is 10.0.